The molecule has 2 heteroatoms. The van der Waals surface area contributed by atoms with E-state index in [4.69, 9.17) is 4.74 Å². The van der Waals surface area contributed by atoms with Crippen LogP contribution in [0.3, 0.4) is 0 Å². The van der Waals surface area contributed by atoms with E-state index >= 15 is 0 Å². The summed E-state index contributed by atoms with van der Waals surface area (Å²) >= 11 is 0. The fraction of sp³-hybridized carbons (Fsp3) is 0.647. The third-order valence-electron chi connectivity index (χ3n) is 4.30. The molecule has 0 radical (unpaired) electrons. The molecular formula is C17H28O2. The van der Waals surface area contributed by atoms with E-state index in [1.165, 1.54) is 11.1 Å². The number of hydrogen-bond acceptors (Lipinski definition) is 2. The fourth-order valence-electron chi connectivity index (χ4n) is 2.77. The maximum atomic E-state index is 10.8. The van der Waals surface area contributed by atoms with Crippen molar-refractivity contribution in [3.05, 3.63) is 34.4 Å². The largest absolute Gasteiger partial charge is 0.385 e. The first kappa shape index (κ1) is 16.2. The molecule has 0 heterocycles. The molecule has 0 aliphatic carbocycles. The second-order valence-electron chi connectivity index (χ2n) is 5.40. The lowest BCUT2D eigenvalue weighted by molar-refractivity contribution is -0.127. The minimum atomic E-state index is -0.568. The lowest BCUT2D eigenvalue weighted by atomic mass is 9.83. The summed E-state index contributed by atoms with van der Waals surface area (Å²) in [7, 11) is 0. The smallest absolute Gasteiger partial charge is 0.108 e. The Labute approximate surface area is 117 Å². The molecule has 1 aromatic carbocycles. The molecule has 0 aliphatic heterocycles. The van der Waals surface area contributed by atoms with E-state index < -0.39 is 11.7 Å². The summed E-state index contributed by atoms with van der Waals surface area (Å²) in [5.41, 5.74) is 4.16. The molecule has 0 spiro atoms. The molecule has 0 fully saturated rings. The molecule has 0 aliphatic rings. The van der Waals surface area contributed by atoms with Gasteiger partial charge in [-0.05, 0) is 62.8 Å². The van der Waals surface area contributed by atoms with Crippen molar-refractivity contribution in [1.29, 1.82) is 0 Å². The Hall–Kier alpha value is -0.860. The Bertz CT molecular complexity index is 420. The van der Waals surface area contributed by atoms with E-state index in [0.717, 1.165) is 24.0 Å². The van der Waals surface area contributed by atoms with Gasteiger partial charge in [0.05, 0.1) is 5.60 Å². The quantitative estimate of drug-likeness (QED) is 0.832. The molecule has 0 bridgehead atoms. The van der Waals surface area contributed by atoms with E-state index in [9.17, 15) is 5.11 Å². The summed E-state index contributed by atoms with van der Waals surface area (Å²) < 4.78 is 5.92. The van der Waals surface area contributed by atoms with Gasteiger partial charge in [-0.25, -0.2) is 0 Å². The summed E-state index contributed by atoms with van der Waals surface area (Å²) in [4.78, 5) is 0. The number of ether oxygens (including phenoxy) is 1. The molecular weight excluding hydrogens is 236 g/mol. The van der Waals surface area contributed by atoms with Crippen molar-refractivity contribution in [2.45, 2.75) is 66.1 Å². The lowest BCUT2D eigenvalue weighted by Crippen LogP contribution is -2.38. The Kier molecular flexibility index (Phi) is 5.57. The Morgan fingerprint density at radius 2 is 1.53 bits per heavy atom. The molecule has 1 N–H and O–H groups in total. The van der Waals surface area contributed by atoms with Crippen molar-refractivity contribution >= 4 is 0 Å². The van der Waals surface area contributed by atoms with Gasteiger partial charge in [-0.3, -0.25) is 0 Å². The predicted molar refractivity (Wildman–Crippen MR) is 80.6 cm³/mol. The van der Waals surface area contributed by atoms with Crippen LogP contribution in [0.25, 0.3) is 0 Å². The van der Waals surface area contributed by atoms with Crippen molar-refractivity contribution < 1.29 is 9.84 Å². The average Bonchev–Trinajstić information content (AvgIpc) is 2.39. The molecule has 1 unspecified atom stereocenters. The minimum Gasteiger partial charge on any atom is -0.385 e. The van der Waals surface area contributed by atoms with Gasteiger partial charge >= 0.3 is 0 Å². The first-order chi connectivity index (χ1) is 8.91. The summed E-state index contributed by atoms with van der Waals surface area (Å²) in [5.74, 6) is 0. The van der Waals surface area contributed by atoms with Crippen LogP contribution in [0.4, 0.5) is 0 Å². The third-order valence-corrected chi connectivity index (χ3v) is 4.30. The summed E-state index contributed by atoms with van der Waals surface area (Å²) in [6, 6.07) is 4.25. The van der Waals surface area contributed by atoms with Gasteiger partial charge in [0.25, 0.3) is 0 Å². The number of benzene rings is 1. The second-order valence-corrected chi connectivity index (χ2v) is 5.40. The lowest BCUT2D eigenvalue weighted by Gasteiger charge is -2.37. The molecule has 1 rings (SSSR count). The van der Waals surface area contributed by atoms with E-state index in [0.29, 0.717) is 6.61 Å². The summed E-state index contributed by atoms with van der Waals surface area (Å²) in [6.45, 7) is 13.0. The van der Waals surface area contributed by atoms with Crippen molar-refractivity contribution in [2.75, 3.05) is 6.61 Å². The maximum Gasteiger partial charge on any atom is 0.108 e. The highest BCUT2D eigenvalue weighted by Crippen LogP contribution is 2.37. The Balaban J connectivity index is 3.23. The monoisotopic (exact) mass is 264 g/mol. The standard InChI is InChI=1S/C17H28O2/c1-7-17(8-2,19-9-3)16(18)15-11-13(5)12(4)10-14(15)6/h10-11,16,18H,7-9H2,1-6H3. The van der Waals surface area contributed by atoms with E-state index in [1.54, 1.807) is 0 Å². The number of aryl methyl sites for hydroxylation is 3. The number of aliphatic hydroxyl groups is 1. The van der Waals surface area contributed by atoms with Gasteiger partial charge in [-0.2, -0.15) is 0 Å². The number of hydrogen-bond donors (Lipinski definition) is 1. The molecule has 108 valence electrons. The van der Waals surface area contributed by atoms with Gasteiger partial charge in [0, 0.05) is 6.61 Å². The SMILES string of the molecule is CCOC(CC)(CC)C(O)c1cc(C)c(C)cc1C. The Morgan fingerprint density at radius 1 is 1.00 bits per heavy atom. The molecule has 1 atom stereocenters. The van der Waals surface area contributed by atoms with E-state index in [2.05, 4.69) is 46.8 Å². The molecule has 0 saturated carbocycles. The zero-order chi connectivity index (χ0) is 14.6. The maximum absolute atomic E-state index is 10.8. The van der Waals surface area contributed by atoms with E-state index in [-0.39, 0.29) is 0 Å². The predicted octanol–water partition coefficient (Wildman–Crippen LogP) is 4.24. The third kappa shape index (κ3) is 3.18. The van der Waals surface area contributed by atoms with Crippen LogP contribution in [0.5, 0.6) is 0 Å². The first-order valence-electron chi connectivity index (χ1n) is 7.31. The van der Waals surface area contributed by atoms with Crippen LogP contribution in [0, 0.1) is 20.8 Å². The van der Waals surface area contributed by atoms with Crippen molar-refractivity contribution in [3.8, 4) is 0 Å². The van der Waals surface area contributed by atoms with Crippen LogP contribution in [0.15, 0.2) is 12.1 Å². The molecule has 1 aromatic rings. The molecule has 0 saturated heterocycles. The van der Waals surface area contributed by atoms with Gasteiger partial charge < -0.3 is 9.84 Å². The zero-order valence-corrected chi connectivity index (χ0v) is 13.2. The van der Waals surface area contributed by atoms with Crippen LogP contribution in [-0.4, -0.2) is 17.3 Å². The van der Waals surface area contributed by atoms with Crippen molar-refractivity contribution in [1.82, 2.24) is 0 Å². The molecule has 0 aromatic heterocycles. The molecule has 19 heavy (non-hydrogen) atoms. The van der Waals surface area contributed by atoms with Gasteiger partial charge in [0.15, 0.2) is 0 Å². The zero-order valence-electron chi connectivity index (χ0n) is 13.2. The minimum absolute atomic E-state index is 0.471. The van der Waals surface area contributed by atoms with Crippen molar-refractivity contribution in [2.24, 2.45) is 0 Å². The van der Waals surface area contributed by atoms with Crippen LogP contribution < -0.4 is 0 Å². The summed E-state index contributed by atoms with van der Waals surface area (Å²) in [5, 5.41) is 10.8. The highest BCUT2D eigenvalue weighted by atomic mass is 16.5. The number of rotatable bonds is 6. The topological polar surface area (TPSA) is 29.5 Å². The highest BCUT2D eigenvalue weighted by Gasteiger charge is 2.37. The highest BCUT2D eigenvalue weighted by molar-refractivity contribution is 5.38. The van der Waals surface area contributed by atoms with Crippen LogP contribution in [-0.2, 0) is 4.74 Å². The second kappa shape index (κ2) is 6.53. The number of aliphatic hydroxyl groups excluding tert-OH is 1. The van der Waals surface area contributed by atoms with E-state index in [1.807, 2.05) is 6.92 Å². The van der Waals surface area contributed by atoms with Gasteiger partial charge in [-0.15, -0.1) is 0 Å². The van der Waals surface area contributed by atoms with Crippen molar-refractivity contribution in [3.63, 3.8) is 0 Å². The Morgan fingerprint density at radius 3 is 2.00 bits per heavy atom. The molecule has 2 nitrogen and oxygen atoms in total. The summed E-state index contributed by atoms with van der Waals surface area (Å²) in [6.07, 6.45) is 1.05. The van der Waals surface area contributed by atoms with Crippen LogP contribution in [0.2, 0.25) is 0 Å². The molecule has 0 amide bonds. The van der Waals surface area contributed by atoms with Crippen LogP contribution >= 0.6 is 0 Å². The van der Waals surface area contributed by atoms with Gasteiger partial charge in [-0.1, -0.05) is 26.0 Å². The van der Waals surface area contributed by atoms with Gasteiger partial charge in [0.2, 0.25) is 0 Å². The van der Waals surface area contributed by atoms with Crippen LogP contribution in [0.1, 0.15) is 62.0 Å². The van der Waals surface area contributed by atoms with Gasteiger partial charge in [0.1, 0.15) is 6.10 Å². The fourth-order valence-corrected chi connectivity index (χ4v) is 2.77. The average molecular weight is 264 g/mol. The first-order valence-corrected chi connectivity index (χ1v) is 7.31. The normalized spacial score (nSPS) is 13.6.